The first-order chi connectivity index (χ1) is 7.00. The van der Waals surface area contributed by atoms with Gasteiger partial charge in [-0.3, -0.25) is 0 Å². The van der Waals surface area contributed by atoms with Crippen molar-refractivity contribution in [3.05, 3.63) is 40.6 Å². The molecule has 0 bridgehead atoms. The van der Waals surface area contributed by atoms with Crippen LogP contribution < -0.4 is 0 Å². The maximum absolute atomic E-state index is 11.4. The minimum Gasteiger partial charge on any atom is -0.624 e. The summed E-state index contributed by atoms with van der Waals surface area (Å²) in [6.45, 7) is 8.08. The molecule has 0 radical (unpaired) electrons. The summed E-state index contributed by atoms with van der Waals surface area (Å²) in [6, 6.07) is 8.12. The van der Waals surface area contributed by atoms with Gasteiger partial charge in [-0.2, -0.15) is 0 Å². The molecule has 15 heavy (non-hydrogen) atoms. The van der Waals surface area contributed by atoms with Crippen LogP contribution in [0.25, 0.3) is 0 Å². The summed E-state index contributed by atoms with van der Waals surface area (Å²) in [6.07, 6.45) is 1.63. The SMILES string of the molecule is CC(C)c1ccc(C=[N+]([O-])C(C)C)cc1. The summed E-state index contributed by atoms with van der Waals surface area (Å²) in [5, 5.41) is 11.4. The molecular formula is C13H19NO. The first-order valence-corrected chi connectivity index (χ1v) is 5.41. The van der Waals surface area contributed by atoms with Crippen LogP contribution in [0.4, 0.5) is 0 Å². The average molecular weight is 205 g/mol. The molecule has 0 spiro atoms. The van der Waals surface area contributed by atoms with E-state index in [2.05, 4.69) is 26.0 Å². The quantitative estimate of drug-likeness (QED) is 0.322. The van der Waals surface area contributed by atoms with Crippen molar-refractivity contribution in [3.63, 3.8) is 0 Å². The summed E-state index contributed by atoms with van der Waals surface area (Å²) >= 11 is 0. The lowest BCUT2D eigenvalue weighted by Gasteiger charge is -2.08. The van der Waals surface area contributed by atoms with Gasteiger partial charge in [0.05, 0.1) is 0 Å². The Morgan fingerprint density at radius 3 is 2.00 bits per heavy atom. The van der Waals surface area contributed by atoms with Crippen molar-refractivity contribution in [3.8, 4) is 0 Å². The molecule has 0 aliphatic heterocycles. The van der Waals surface area contributed by atoms with Crippen LogP contribution in [-0.4, -0.2) is 17.0 Å². The molecule has 1 aromatic rings. The maximum Gasteiger partial charge on any atom is 0.182 e. The molecule has 0 aromatic heterocycles. The third kappa shape index (κ3) is 3.39. The number of hydroxylamine groups is 1. The van der Waals surface area contributed by atoms with Crippen LogP contribution >= 0.6 is 0 Å². The first-order valence-electron chi connectivity index (χ1n) is 5.41. The zero-order valence-corrected chi connectivity index (χ0v) is 9.90. The van der Waals surface area contributed by atoms with Crippen molar-refractivity contribution in [1.82, 2.24) is 0 Å². The fourth-order valence-electron chi connectivity index (χ4n) is 1.26. The molecule has 1 rings (SSSR count). The predicted molar refractivity (Wildman–Crippen MR) is 64.5 cm³/mol. The highest BCUT2D eigenvalue weighted by Gasteiger charge is 2.02. The van der Waals surface area contributed by atoms with Crippen LogP contribution in [0, 0.1) is 5.21 Å². The monoisotopic (exact) mass is 205 g/mol. The Bertz CT molecular complexity index is 336. The van der Waals surface area contributed by atoms with Crippen molar-refractivity contribution < 1.29 is 4.74 Å². The topological polar surface area (TPSA) is 26.1 Å². The van der Waals surface area contributed by atoms with E-state index in [1.165, 1.54) is 5.56 Å². The molecule has 0 heterocycles. The molecule has 0 fully saturated rings. The van der Waals surface area contributed by atoms with Gasteiger partial charge < -0.3 is 5.21 Å². The molecule has 2 heteroatoms. The largest absolute Gasteiger partial charge is 0.624 e. The molecule has 0 N–H and O–H groups in total. The lowest BCUT2D eigenvalue weighted by atomic mass is 10.0. The van der Waals surface area contributed by atoms with Crippen molar-refractivity contribution in [2.75, 3.05) is 0 Å². The van der Waals surface area contributed by atoms with Crippen molar-refractivity contribution in [2.24, 2.45) is 0 Å². The zero-order valence-electron chi connectivity index (χ0n) is 9.90. The number of nitrogens with zero attached hydrogens (tertiary/aromatic N) is 1. The van der Waals surface area contributed by atoms with Gasteiger partial charge in [-0.25, -0.2) is 4.74 Å². The summed E-state index contributed by atoms with van der Waals surface area (Å²) in [7, 11) is 0. The Kier molecular flexibility index (Phi) is 3.89. The third-order valence-electron chi connectivity index (χ3n) is 2.39. The van der Waals surface area contributed by atoms with Crippen molar-refractivity contribution in [2.45, 2.75) is 39.7 Å². The van der Waals surface area contributed by atoms with Crippen molar-refractivity contribution in [1.29, 1.82) is 0 Å². The van der Waals surface area contributed by atoms with Crippen LogP contribution in [-0.2, 0) is 0 Å². The fraction of sp³-hybridized carbons (Fsp3) is 0.462. The van der Waals surface area contributed by atoms with E-state index in [9.17, 15) is 5.21 Å². The number of benzene rings is 1. The van der Waals surface area contributed by atoms with Gasteiger partial charge in [0.1, 0.15) is 0 Å². The van der Waals surface area contributed by atoms with Crippen LogP contribution in [0.5, 0.6) is 0 Å². The predicted octanol–water partition coefficient (Wildman–Crippen LogP) is 3.15. The molecule has 82 valence electrons. The smallest absolute Gasteiger partial charge is 0.182 e. The highest BCUT2D eigenvalue weighted by Crippen LogP contribution is 2.13. The van der Waals surface area contributed by atoms with Crippen molar-refractivity contribution >= 4 is 6.21 Å². The van der Waals surface area contributed by atoms with Gasteiger partial charge in [-0.1, -0.05) is 26.0 Å². The number of hydrogen-bond acceptors (Lipinski definition) is 1. The van der Waals surface area contributed by atoms with Gasteiger partial charge in [0, 0.05) is 5.56 Å². The second kappa shape index (κ2) is 4.96. The summed E-state index contributed by atoms with van der Waals surface area (Å²) in [5.41, 5.74) is 2.26. The Hall–Kier alpha value is -1.31. The van der Waals surface area contributed by atoms with E-state index in [4.69, 9.17) is 0 Å². The van der Waals surface area contributed by atoms with E-state index < -0.39 is 0 Å². The van der Waals surface area contributed by atoms with Gasteiger partial charge in [0.25, 0.3) is 0 Å². The molecule has 0 aliphatic carbocycles. The van der Waals surface area contributed by atoms with Gasteiger partial charge in [0.2, 0.25) is 0 Å². The van der Waals surface area contributed by atoms with E-state index in [1.54, 1.807) is 6.21 Å². The standard InChI is InChI=1S/C13H19NO/c1-10(2)13-7-5-12(6-8-13)9-14(15)11(3)4/h5-11H,1-4H3. The molecule has 0 atom stereocenters. The molecule has 0 unspecified atom stereocenters. The van der Waals surface area contributed by atoms with E-state index in [0.29, 0.717) is 5.92 Å². The Balaban J connectivity index is 2.85. The second-order valence-corrected chi connectivity index (χ2v) is 4.40. The van der Waals surface area contributed by atoms with Gasteiger partial charge in [0.15, 0.2) is 12.3 Å². The lowest BCUT2D eigenvalue weighted by Crippen LogP contribution is -2.14. The van der Waals surface area contributed by atoms with E-state index in [0.717, 1.165) is 10.3 Å². The van der Waals surface area contributed by atoms with Crippen LogP contribution in [0.2, 0.25) is 0 Å². The summed E-state index contributed by atoms with van der Waals surface area (Å²) < 4.78 is 0.977. The summed E-state index contributed by atoms with van der Waals surface area (Å²) in [5.74, 6) is 0.535. The fourth-order valence-corrected chi connectivity index (χ4v) is 1.26. The molecular weight excluding hydrogens is 186 g/mol. The van der Waals surface area contributed by atoms with Gasteiger partial charge in [-0.15, -0.1) is 0 Å². The van der Waals surface area contributed by atoms with E-state index in [1.807, 2.05) is 26.0 Å². The lowest BCUT2D eigenvalue weighted by molar-refractivity contribution is -0.487. The van der Waals surface area contributed by atoms with Gasteiger partial charge >= 0.3 is 0 Å². The Labute approximate surface area is 91.8 Å². The molecule has 1 aromatic carbocycles. The van der Waals surface area contributed by atoms with Crippen LogP contribution in [0.3, 0.4) is 0 Å². The van der Waals surface area contributed by atoms with Crippen LogP contribution in [0.15, 0.2) is 24.3 Å². The number of hydrogen-bond donors (Lipinski definition) is 0. The molecule has 0 aliphatic rings. The second-order valence-electron chi connectivity index (χ2n) is 4.40. The van der Waals surface area contributed by atoms with Crippen LogP contribution in [0.1, 0.15) is 44.7 Å². The Morgan fingerprint density at radius 2 is 1.60 bits per heavy atom. The van der Waals surface area contributed by atoms with Gasteiger partial charge in [-0.05, 0) is 37.5 Å². The maximum atomic E-state index is 11.4. The minimum absolute atomic E-state index is 0.00484. The molecule has 0 saturated heterocycles. The third-order valence-corrected chi connectivity index (χ3v) is 2.39. The molecule has 0 saturated carbocycles. The highest BCUT2D eigenvalue weighted by atomic mass is 16.5. The zero-order chi connectivity index (χ0) is 11.4. The summed E-state index contributed by atoms with van der Waals surface area (Å²) in [4.78, 5) is 0. The Morgan fingerprint density at radius 1 is 1.07 bits per heavy atom. The molecule has 0 amide bonds. The normalized spacial score (nSPS) is 12.5. The van der Waals surface area contributed by atoms with E-state index >= 15 is 0 Å². The first kappa shape index (κ1) is 11.8. The number of rotatable bonds is 3. The van der Waals surface area contributed by atoms with E-state index in [-0.39, 0.29) is 6.04 Å². The molecule has 2 nitrogen and oxygen atoms in total. The average Bonchev–Trinajstić information content (AvgIpc) is 2.18. The highest BCUT2D eigenvalue weighted by molar-refractivity contribution is 5.75. The minimum atomic E-state index is -0.00484.